The third-order valence-electron chi connectivity index (χ3n) is 3.44. The number of carbonyl (C=O) groups is 2. The normalized spacial score (nSPS) is 11.8. The Morgan fingerprint density at radius 3 is 2.58 bits per heavy atom. The summed E-state index contributed by atoms with van der Waals surface area (Å²) >= 11 is 0. The molecule has 0 fully saturated rings. The molecule has 0 bridgehead atoms. The molecular weight excluding hydrogens is 310 g/mol. The maximum atomic E-state index is 11.9. The first-order chi connectivity index (χ1) is 11.4. The minimum Gasteiger partial charge on any atom is -0.462 e. The number of nitrogens with zero attached hydrogens (tertiary/aromatic N) is 2. The fourth-order valence-corrected chi connectivity index (χ4v) is 2.18. The third kappa shape index (κ3) is 3.99. The van der Waals surface area contributed by atoms with Gasteiger partial charge in [-0.05, 0) is 45.0 Å². The lowest BCUT2D eigenvalue weighted by Gasteiger charge is -2.09. The van der Waals surface area contributed by atoms with Gasteiger partial charge in [0.1, 0.15) is 5.56 Å². The maximum absolute atomic E-state index is 11.9. The van der Waals surface area contributed by atoms with E-state index in [9.17, 15) is 14.7 Å². The number of aromatic nitrogens is 2. The number of hydrogen-bond donors (Lipinski definition) is 2. The van der Waals surface area contributed by atoms with Crippen molar-refractivity contribution in [1.29, 1.82) is 0 Å². The molecular formula is C17H21N3O4. The van der Waals surface area contributed by atoms with Crippen LogP contribution in [0.3, 0.4) is 0 Å². The Balaban J connectivity index is 2.16. The molecule has 7 nitrogen and oxygen atoms in total. The molecule has 128 valence electrons. The van der Waals surface area contributed by atoms with Gasteiger partial charge in [0.05, 0.1) is 30.3 Å². The van der Waals surface area contributed by atoms with E-state index in [2.05, 4.69) is 10.4 Å². The van der Waals surface area contributed by atoms with Crippen molar-refractivity contribution in [3.05, 3.63) is 47.3 Å². The molecule has 1 heterocycles. The van der Waals surface area contributed by atoms with Crippen molar-refractivity contribution in [1.82, 2.24) is 15.1 Å². The van der Waals surface area contributed by atoms with E-state index in [-0.39, 0.29) is 12.5 Å². The SMILES string of the molecule is CCOC(=O)c1cnn(-c2ccc(C(=O)NCC(C)O)cc2)c1C. The van der Waals surface area contributed by atoms with E-state index >= 15 is 0 Å². The summed E-state index contributed by atoms with van der Waals surface area (Å²) in [6.07, 6.45) is 0.873. The molecule has 1 amide bonds. The van der Waals surface area contributed by atoms with E-state index in [1.54, 1.807) is 49.7 Å². The molecule has 0 saturated heterocycles. The van der Waals surface area contributed by atoms with Crippen LogP contribution in [0.4, 0.5) is 0 Å². The van der Waals surface area contributed by atoms with Crippen molar-refractivity contribution in [2.45, 2.75) is 26.9 Å². The highest BCUT2D eigenvalue weighted by molar-refractivity contribution is 5.94. The van der Waals surface area contributed by atoms with E-state index in [4.69, 9.17) is 4.74 Å². The molecule has 0 aliphatic carbocycles. The number of aliphatic hydroxyl groups is 1. The standard InChI is InChI=1S/C17H21N3O4/c1-4-24-17(23)15-10-19-20(12(15)3)14-7-5-13(6-8-14)16(22)18-9-11(2)21/h5-8,10-11,21H,4,9H2,1-3H3,(H,18,22). The average molecular weight is 331 g/mol. The topological polar surface area (TPSA) is 93.5 Å². The third-order valence-corrected chi connectivity index (χ3v) is 3.44. The van der Waals surface area contributed by atoms with Gasteiger partial charge in [0.15, 0.2) is 0 Å². The van der Waals surface area contributed by atoms with Gasteiger partial charge >= 0.3 is 5.97 Å². The molecule has 2 rings (SSSR count). The summed E-state index contributed by atoms with van der Waals surface area (Å²) in [4.78, 5) is 23.8. The molecule has 2 aromatic rings. The Hall–Kier alpha value is -2.67. The van der Waals surface area contributed by atoms with Crippen LogP contribution < -0.4 is 5.32 Å². The lowest BCUT2D eigenvalue weighted by molar-refractivity contribution is 0.0525. The number of rotatable bonds is 6. The van der Waals surface area contributed by atoms with Gasteiger partial charge in [-0.25, -0.2) is 9.48 Å². The number of benzene rings is 1. The van der Waals surface area contributed by atoms with E-state index in [1.807, 2.05) is 0 Å². The molecule has 2 N–H and O–H groups in total. The molecule has 0 aliphatic heterocycles. The van der Waals surface area contributed by atoms with Crippen LogP contribution in [0.1, 0.15) is 40.3 Å². The zero-order valence-electron chi connectivity index (χ0n) is 13.9. The summed E-state index contributed by atoms with van der Waals surface area (Å²) in [5.41, 5.74) is 2.29. The molecule has 1 aromatic heterocycles. The molecule has 0 spiro atoms. The number of nitrogens with one attached hydrogen (secondary N) is 1. The zero-order chi connectivity index (χ0) is 17.7. The van der Waals surface area contributed by atoms with Gasteiger partial charge in [-0.2, -0.15) is 5.10 Å². The smallest absolute Gasteiger partial charge is 0.341 e. The predicted molar refractivity (Wildman–Crippen MR) is 88.3 cm³/mol. The van der Waals surface area contributed by atoms with Gasteiger partial charge < -0.3 is 15.2 Å². The number of ether oxygens (including phenoxy) is 1. The molecule has 1 atom stereocenters. The zero-order valence-corrected chi connectivity index (χ0v) is 13.9. The van der Waals surface area contributed by atoms with Crippen LogP contribution in [-0.4, -0.2) is 46.0 Å². The van der Waals surface area contributed by atoms with Gasteiger partial charge in [0.2, 0.25) is 0 Å². The largest absolute Gasteiger partial charge is 0.462 e. The fraction of sp³-hybridized carbons (Fsp3) is 0.353. The highest BCUT2D eigenvalue weighted by Gasteiger charge is 2.16. The number of carbonyl (C=O) groups excluding carboxylic acids is 2. The highest BCUT2D eigenvalue weighted by Crippen LogP contribution is 2.16. The lowest BCUT2D eigenvalue weighted by atomic mass is 10.2. The predicted octanol–water partition coefficient (Wildman–Crippen LogP) is 1.47. The number of amides is 1. The number of aliphatic hydroxyl groups excluding tert-OH is 1. The average Bonchev–Trinajstić information content (AvgIpc) is 2.94. The first-order valence-electron chi connectivity index (χ1n) is 7.72. The lowest BCUT2D eigenvalue weighted by Crippen LogP contribution is -2.30. The van der Waals surface area contributed by atoms with Gasteiger partial charge in [0.25, 0.3) is 5.91 Å². The van der Waals surface area contributed by atoms with E-state index < -0.39 is 12.1 Å². The Kier molecular flexibility index (Phi) is 5.70. The number of esters is 1. The summed E-state index contributed by atoms with van der Waals surface area (Å²) in [5.74, 6) is -0.665. The Morgan fingerprint density at radius 2 is 2.00 bits per heavy atom. The van der Waals surface area contributed by atoms with Crippen molar-refractivity contribution < 1.29 is 19.4 Å². The molecule has 1 unspecified atom stereocenters. The summed E-state index contributed by atoms with van der Waals surface area (Å²) in [6, 6.07) is 6.81. The highest BCUT2D eigenvalue weighted by atomic mass is 16.5. The quantitative estimate of drug-likeness (QED) is 0.782. The molecule has 7 heteroatoms. The van der Waals surface area contributed by atoms with Crippen molar-refractivity contribution in [3.63, 3.8) is 0 Å². The Bertz CT molecular complexity index is 720. The van der Waals surface area contributed by atoms with Crippen LogP contribution in [0.15, 0.2) is 30.5 Å². The van der Waals surface area contributed by atoms with E-state index in [0.29, 0.717) is 23.4 Å². The summed E-state index contributed by atoms with van der Waals surface area (Å²) in [6.45, 7) is 5.63. The van der Waals surface area contributed by atoms with Gasteiger partial charge in [-0.1, -0.05) is 0 Å². The van der Waals surface area contributed by atoms with Crippen molar-refractivity contribution in [2.24, 2.45) is 0 Å². The van der Waals surface area contributed by atoms with Crippen LogP contribution in [0.2, 0.25) is 0 Å². The van der Waals surface area contributed by atoms with Gasteiger partial charge in [0, 0.05) is 12.1 Å². The van der Waals surface area contributed by atoms with Crippen LogP contribution in [0.25, 0.3) is 5.69 Å². The van der Waals surface area contributed by atoms with Crippen LogP contribution >= 0.6 is 0 Å². The van der Waals surface area contributed by atoms with E-state index in [0.717, 1.165) is 5.69 Å². The second-order valence-corrected chi connectivity index (χ2v) is 5.38. The minimum atomic E-state index is -0.596. The summed E-state index contributed by atoms with van der Waals surface area (Å²) in [7, 11) is 0. The summed E-state index contributed by atoms with van der Waals surface area (Å²) < 4.78 is 6.60. The van der Waals surface area contributed by atoms with Crippen molar-refractivity contribution >= 4 is 11.9 Å². The second kappa shape index (κ2) is 7.74. The Labute approximate surface area is 140 Å². The molecule has 0 saturated carbocycles. The van der Waals surface area contributed by atoms with Crippen molar-refractivity contribution in [3.8, 4) is 5.69 Å². The molecule has 0 aliphatic rings. The first-order valence-corrected chi connectivity index (χ1v) is 7.72. The van der Waals surface area contributed by atoms with E-state index in [1.165, 1.54) is 6.20 Å². The maximum Gasteiger partial charge on any atom is 0.341 e. The fourth-order valence-electron chi connectivity index (χ4n) is 2.18. The van der Waals surface area contributed by atoms with Gasteiger partial charge in [-0.3, -0.25) is 4.79 Å². The van der Waals surface area contributed by atoms with Crippen LogP contribution in [0.5, 0.6) is 0 Å². The second-order valence-electron chi connectivity index (χ2n) is 5.38. The van der Waals surface area contributed by atoms with Crippen LogP contribution in [-0.2, 0) is 4.74 Å². The van der Waals surface area contributed by atoms with Crippen molar-refractivity contribution in [2.75, 3.05) is 13.2 Å². The molecule has 24 heavy (non-hydrogen) atoms. The number of hydrogen-bond acceptors (Lipinski definition) is 5. The monoisotopic (exact) mass is 331 g/mol. The Morgan fingerprint density at radius 1 is 1.33 bits per heavy atom. The molecule has 0 radical (unpaired) electrons. The van der Waals surface area contributed by atoms with Crippen LogP contribution in [0, 0.1) is 6.92 Å². The van der Waals surface area contributed by atoms with Gasteiger partial charge in [-0.15, -0.1) is 0 Å². The summed E-state index contributed by atoms with van der Waals surface area (Å²) in [5, 5.41) is 16.0. The first kappa shape index (κ1) is 17.7. The molecule has 1 aromatic carbocycles. The minimum absolute atomic E-state index is 0.196.